The van der Waals surface area contributed by atoms with Gasteiger partial charge in [0.05, 0.1) is 34.2 Å². The van der Waals surface area contributed by atoms with Crippen LogP contribution in [0, 0.1) is 0 Å². The van der Waals surface area contributed by atoms with Gasteiger partial charge in [-0.05, 0) is 49.6 Å². The van der Waals surface area contributed by atoms with E-state index in [0.717, 1.165) is 12.1 Å². The van der Waals surface area contributed by atoms with Crippen LogP contribution < -0.4 is 24.4 Å². The standard InChI is InChI=1S/C28H40N4O8S2/c1-3-30-41(34,35)24-6-4-5-23(15-24)39-20-22(33)18-29-21-17-28(40-19-21)9-11-32(12-10-28)42(36,37)25-7-8-27-26(16-25)31(2)13-14-38-27/h4-8,15-16,21-22,29-30,33H,3,9-14,17-20H2,1-2H3/t21?,22-/m0/s1. The SMILES string of the molecule is CCNS(=O)(=O)c1cccc(OC[C@@H](O)CNC2COC3(CCN(S(=O)(=O)c4ccc5c(c4)N(C)CCO5)CC3)C2)c1. The Morgan fingerprint density at radius 1 is 1.10 bits per heavy atom. The lowest BCUT2D eigenvalue weighted by molar-refractivity contribution is -0.0312. The summed E-state index contributed by atoms with van der Waals surface area (Å²) in [5, 5.41) is 13.8. The molecular weight excluding hydrogens is 584 g/mol. The molecule has 2 saturated heterocycles. The second kappa shape index (κ2) is 12.6. The van der Waals surface area contributed by atoms with Gasteiger partial charge >= 0.3 is 0 Å². The summed E-state index contributed by atoms with van der Waals surface area (Å²) < 4.78 is 72.7. The van der Waals surface area contributed by atoms with E-state index in [1.54, 1.807) is 37.3 Å². The molecule has 1 unspecified atom stereocenters. The Labute approximate surface area is 248 Å². The van der Waals surface area contributed by atoms with E-state index in [2.05, 4.69) is 10.0 Å². The molecule has 0 aromatic heterocycles. The first-order chi connectivity index (χ1) is 20.0. The van der Waals surface area contributed by atoms with Crippen LogP contribution in [0.3, 0.4) is 0 Å². The molecule has 1 spiro atoms. The summed E-state index contributed by atoms with van der Waals surface area (Å²) in [4.78, 5) is 2.37. The summed E-state index contributed by atoms with van der Waals surface area (Å²) in [6.07, 6.45) is 1.09. The van der Waals surface area contributed by atoms with E-state index in [1.807, 2.05) is 11.9 Å². The molecular formula is C28H40N4O8S2. The van der Waals surface area contributed by atoms with E-state index >= 15 is 0 Å². The number of hydrogen-bond donors (Lipinski definition) is 3. The molecule has 2 atom stereocenters. The van der Waals surface area contributed by atoms with Crippen molar-refractivity contribution in [2.75, 3.05) is 64.5 Å². The third kappa shape index (κ3) is 6.85. The maximum absolute atomic E-state index is 13.4. The van der Waals surface area contributed by atoms with Crippen molar-refractivity contribution in [1.82, 2.24) is 14.3 Å². The number of ether oxygens (including phenoxy) is 3. The van der Waals surface area contributed by atoms with Crippen LogP contribution in [0.1, 0.15) is 26.2 Å². The van der Waals surface area contributed by atoms with Crippen LogP contribution in [-0.2, 0) is 24.8 Å². The van der Waals surface area contributed by atoms with Gasteiger partial charge < -0.3 is 29.5 Å². The van der Waals surface area contributed by atoms with E-state index in [1.165, 1.54) is 16.4 Å². The monoisotopic (exact) mass is 624 g/mol. The van der Waals surface area contributed by atoms with Crippen molar-refractivity contribution in [2.24, 2.45) is 0 Å². The van der Waals surface area contributed by atoms with Gasteiger partial charge in [0.2, 0.25) is 20.0 Å². The second-order valence-electron chi connectivity index (χ2n) is 11.0. The number of benzene rings is 2. The van der Waals surface area contributed by atoms with E-state index in [9.17, 15) is 21.9 Å². The van der Waals surface area contributed by atoms with Crippen molar-refractivity contribution < 1.29 is 36.2 Å². The molecule has 2 aromatic rings. The number of anilines is 1. The van der Waals surface area contributed by atoms with Crippen molar-refractivity contribution in [1.29, 1.82) is 0 Å². The fourth-order valence-corrected chi connectivity index (χ4v) is 8.19. The van der Waals surface area contributed by atoms with Crippen LogP contribution >= 0.6 is 0 Å². The number of hydrogen-bond acceptors (Lipinski definition) is 10. The van der Waals surface area contributed by atoms with Crippen molar-refractivity contribution in [3.63, 3.8) is 0 Å². The first-order valence-corrected chi connectivity index (χ1v) is 17.2. The molecule has 3 aliphatic rings. The number of nitrogens with zero attached hydrogens (tertiary/aromatic N) is 2. The summed E-state index contributed by atoms with van der Waals surface area (Å²) in [7, 11) is -5.32. The van der Waals surface area contributed by atoms with E-state index in [4.69, 9.17) is 14.2 Å². The fourth-order valence-electron chi connectivity index (χ4n) is 5.66. The van der Waals surface area contributed by atoms with Gasteiger partial charge in [-0.3, -0.25) is 0 Å². The Kier molecular flexibility index (Phi) is 9.33. The number of aliphatic hydroxyl groups excluding tert-OH is 1. The van der Waals surface area contributed by atoms with Crippen LogP contribution in [0.4, 0.5) is 5.69 Å². The quantitative estimate of drug-likeness (QED) is 0.333. The van der Waals surface area contributed by atoms with Crippen molar-refractivity contribution in [2.45, 2.75) is 53.7 Å². The van der Waals surface area contributed by atoms with E-state index < -0.39 is 31.8 Å². The van der Waals surface area contributed by atoms with Gasteiger partial charge in [-0.15, -0.1) is 0 Å². The second-order valence-corrected chi connectivity index (χ2v) is 14.8. The van der Waals surface area contributed by atoms with Crippen molar-refractivity contribution in [3.8, 4) is 11.5 Å². The fraction of sp³-hybridized carbons (Fsp3) is 0.571. The van der Waals surface area contributed by atoms with E-state index in [0.29, 0.717) is 57.2 Å². The zero-order chi connectivity index (χ0) is 30.0. The van der Waals surface area contributed by atoms with Crippen molar-refractivity contribution >= 4 is 25.7 Å². The lowest BCUT2D eigenvalue weighted by Gasteiger charge is -2.38. The molecule has 12 nitrogen and oxygen atoms in total. The molecule has 232 valence electrons. The minimum atomic E-state index is -3.65. The van der Waals surface area contributed by atoms with Gasteiger partial charge in [0.15, 0.2) is 0 Å². The van der Waals surface area contributed by atoms with Gasteiger partial charge in [0, 0.05) is 45.3 Å². The molecule has 2 aromatic carbocycles. The molecule has 14 heteroatoms. The highest BCUT2D eigenvalue weighted by molar-refractivity contribution is 7.89. The van der Waals surface area contributed by atoms with Crippen LogP contribution in [-0.4, -0.2) is 104 Å². The van der Waals surface area contributed by atoms with E-state index in [-0.39, 0.29) is 35.5 Å². The molecule has 3 N–H and O–H groups in total. The van der Waals surface area contributed by atoms with Crippen LogP contribution in [0.5, 0.6) is 11.5 Å². The summed E-state index contributed by atoms with van der Waals surface area (Å²) in [6.45, 7) is 4.76. The summed E-state index contributed by atoms with van der Waals surface area (Å²) in [6, 6.07) is 11.2. The summed E-state index contributed by atoms with van der Waals surface area (Å²) in [5.41, 5.74) is 0.384. The normalized spacial score (nSPS) is 21.6. The maximum atomic E-state index is 13.4. The Morgan fingerprint density at radius 3 is 2.64 bits per heavy atom. The van der Waals surface area contributed by atoms with Gasteiger partial charge in [0.25, 0.3) is 0 Å². The topological polar surface area (TPSA) is 147 Å². The highest BCUT2D eigenvalue weighted by Gasteiger charge is 2.45. The zero-order valence-electron chi connectivity index (χ0n) is 24.0. The Morgan fingerprint density at radius 2 is 1.88 bits per heavy atom. The predicted octanol–water partition coefficient (Wildman–Crippen LogP) is 1.16. The number of rotatable bonds is 11. The summed E-state index contributed by atoms with van der Waals surface area (Å²) in [5.74, 6) is 1.05. The average Bonchev–Trinajstić information content (AvgIpc) is 3.37. The molecule has 3 aliphatic heterocycles. The number of piperidine rings is 1. The Balaban J connectivity index is 1.08. The van der Waals surface area contributed by atoms with Gasteiger partial charge in [0.1, 0.15) is 30.8 Å². The number of sulfonamides is 2. The third-order valence-electron chi connectivity index (χ3n) is 8.04. The van der Waals surface area contributed by atoms with Crippen LogP contribution in [0.2, 0.25) is 0 Å². The average molecular weight is 625 g/mol. The lowest BCUT2D eigenvalue weighted by Crippen LogP contribution is -2.47. The van der Waals surface area contributed by atoms with Crippen LogP contribution in [0.25, 0.3) is 0 Å². The minimum absolute atomic E-state index is 0.00609. The van der Waals surface area contributed by atoms with Crippen molar-refractivity contribution in [3.05, 3.63) is 42.5 Å². The molecule has 0 saturated carbocycles. The molecule has 0 amide bonds. The highest BCUT2D eigenvalue weighted by atomic mass is 32.2. The lowest BCUT2D eigenvalue weighted by atomic mass is 9.88. The first kappa shape index (κ1) is 31.0. The smallest absolute Gasteiger partial charge is 0.243 e. The molecule has 5 rings (SSSR count). The van der Waals surface area contributed by atoms with Crippen LogP contribution in [0.15, 0.2) is 52.3 Å². The number of aliphatic hydroxyl groups is 1. The Hall–Kier alpha value is -2.46. The Bertz CT molecular complexity index is 1460. The molecule has 3 heterocycles. The number of likely N-dealkylation sites (N-methyl/N-ethyl adjacent to an activating group) is 1. The maximum Gasteiger partial charge on any atom is 0.243 e. The third-order valence-corrected chi connectivity index (χ3v) is 11.5. The molecule has 42 heavy (non-hydrogen) atoms. The van der Waals surface area contributed by atoms with Gasteiger partial charge in [-0.2, -0.15) is 4.31 Å². The molecule has 0 bridgehead atoms. The predicted molar refractivity (Wildman–Crippen MR) is 157 cm³/mol. The summed E-state index contributed by atoms with van der Waals surface area (Å²) >= 11 is 0. The molecule has 0 aliphatic carbocycles. The molecule has 2 fully saturated rings. The number of nitrogens with one attached hydrogen (secondary N) is 2. The largest absolute Gasteiger partial charge is 0.491 e. The van der Waals surface area contributed by atoms with Gasteiger partial charge in [-0.25, -0.2) is 21.6 Å². The number of fused-ring (bicyclic) bond motifs is 1. The van der Waals surface area contributed by atoms with Gasteiger partial charge in [-0.1, -0.05) is 13.0 Å². The molecule has 0 radical (unpaired) electrons. The first-order valence-electron chi connectivity index (χ1n) is 14.3. The zero-order valence-corrected chi connectivity index (χ0v) is 25.6. The highest BCUT2D eigenvalue weighted by Crippen LogP contribution is 2.39. The minimum Gasteiger partial charge on any atom is -0.491 e.